The van der Waals surface area contributed by atoms with Crippen molar-refractivity contribution in [2.24, 2.45) is 0 Å². The highest BCUT2D eigenvalue weighted by atomic mass is 35.5. The molecule has 104 valence electrons. The molecule has 1 heterocycles. The van der Waals surface area contributed by atoms with Gasteiger partial charge in [-0.1, -0.05) is 18.0 Å². The maximum absolute atomic E-state index is 6.12. The highest BCUT2D eigenvalue weighted by molar-refractivity contribution is 6.31. The molecule has 0 aromatic carbocycles. The van der Waals surface area contributed by atoms with Crippen LogP contribution in [0.1, 0.15) is 51.4 Å². The summed E-state index contributed by atoms with van der Waals surface area (Å²) >= 11 is 6.12. The Morgan fingerprint density at radius 2 is 1.83 bits per heavy atom. The monoisotopic (exact) mass is 271 g/mol. The van der Waals surface area contributed by atoms with Gasteiger partial charge in [0.25, 0.3) is 0 Å². The number of aryl methyl sites for hydroxylation is 2. The Morgan fingerprint density at radius 3 is 2.33 bits per heavy atom. The van der Waals surface area contributed by atoms with Crippen molar-refractivity contribution in [2.75, 3.05) is 6.54 Å². The van der Waals surface area contributed by atoms with Crippen molar-refractivity contribution >= 4 is 11.6 Å². The number of aromatic nitrogens is 2. The third-order valence-corrected chi connectivity index (χ3v) is 3.54. The van der Waals surface area contributed by atoms with Gasteiger partial charge in [-0.25, -0.2) is 0 Å². The fourth-order valence-electron chi connectivity index (χ4n) is 1.92. The summed E-state index contributed by atoms with van der Waals surface area (Å²) in [6.45, 7) is 12.6. The molecule has 0 aliphatic carbocycles. The molecule has 1 aromatic heterocycles. The molecule has 0 spiro atoms. The molecule has 1 N–H and O–H groups in total. The van der Waals surface area contributed by atoms with Gasteiger partial charge < -0.3 is 5.32 Å². The molecular weight excluding hydrogens is 246 g/mol. The molecule has 0 atom stereocenters. The molecule has 0 fully saturated rings. The Labute approximate surface area is 116 Å². The van der Waals surface area contributed by atoms with Crippen LogP contribution in [-0.2, 0) is 6.54 Å². The molecule has 0 amide bonds. The van der Waals surface area contributed by atoms with Crippen molar-refractivity contribution < 1.29 is 0 Å². The van der Waals surface area contributed by atoms with E-state index in [1.54, 1.807) is 0 Å². The highest BCUT2D eigenvalue weighted by Crippen LogP contribution is 2.19. The van der Waals surface area contributed by atoms with Crippen LogP contribution in [-0.4, -0.2) is 21.9 Å². The first-order chi connectivity index (χ1) is 8.31. The van der Waals surface area contributed by atoms with Crippen molar-refractivity contribution in [1.82, 2.24) is 15.1 Å². The van der Waals surface area contributed by atoms with Crippen molar-refractivity contribution in [2.45, 2.75) is 66.0 Å². The molecule has 0 saturated carbocycles. The fraction of sp³-hybridized carbons (Fsp3) is 0.786. The average Bonchev–Trinajstić information content (AvgIpc) is 2.50. The largest absolute Gasteiger partial charge is 0.312 e. The summed E-state index contributed by atoms with van der Waals surface area (Å²) in [5.41, 5.74) is 2.24. The van der Waals surface area contributed by atoms with E-state index in [0.717, 1.165) is 35.9 Å². The van der Waals surface area contributed by atoms with Crippen LogP contribution in [0.3, 0.4) is 0 Å². The first kappa shape index (κ1) is 15.5. The predicted molar refractivity (Wildman–Crippen MR) is 78.3 cm³/mol. The zero-order valence-electron chi connectivity index (χ0n) is 12.3. The molecule has 0 unspecified atom stereocenters. The van der Waals surface area contributed by atoms with Gasteiger partial charge in [-0.05, 0) is 54.0 Å². The predicted octanol–water partition coefficient (Wildman–Crippen LogP) is 3.71. The summed E-state index contributed by atoms with van der Waals surface area (Å²) in [4.78, 5) is 0. The van der Waals surface area contributed by atoms with Crippen LogP contribution >= 0.6 is 11.6 Å². The SMILES string of the molecule is Cc1nn(CCCCCNC(C)(C)C)c(C)c1Cl. The van der Waals surface area contributed by atoms with Gasteiger partial charge in [-0.2, -0.15) is 5.10 Å². The summed E-state index contributed by atoms with van der Waals surface area (Å²) < 4.78 is 2.02. The highest BCUT2D eigenvalue weighted by Gasteiger charge is 2.09. The first-order valence-electron chi connectivity index (χ1n) is 6.76. The molecule has 0 aliphatic heterocycles. The third-order valence-electron chi connectivity index (χ3n) is 3.00. The molecule has 0 radical (unpaired) electrons. The summed E-state index contributed by atoms with van der Waals surface area (Å²) in [5.74, 6) is 0. The van der Waals surface area contributed by atoms with E-state index in [1.165, 1.54) is 12.8 Å². The lowest BCUT2D eigenvalue weighted by Crippen LogP contribution is -2.36. The number of nitrogens with zero attached hydrogens (tertiary/aromatic N) is 2. The Balaban J connectivity index is 2.20. The fourth-order valence-corrected chi connectivity index (χ4v) is 2.05. The molecule has 1 rings (SSSR count). The molecule has 0 saturated heterocycles. The zero-order valence-corrected chi connectivity index (χ0v) is 13.1. The number of halogens is 1. The molecule has 1 aromatic rings. The van der Waals surface area contributed by atoms with Crippen LogP contribution in [0.2, 0.25) is 5.02 Å². The van der Waals surface area contributed by atoms with E-state index in [4.69, 9.17) is 11.6 Å². The van der Waals surface area contributed by atoms with Gasteiger partial charge in [0.2, 0.25) is 0 Å². The van der Waals surface area contributed by atoms with Gasteiger partial charge in [-0.3, -0.25) is 4.68 Å². The van der Waals surface area contributed by atoms with Gasteiger partial charge in [0, 0.05) is 12.1 Å². The average molecular weight is 272 g/mol. The van der Waals surface area contributed by atoms with Gasteiger partial charge in [0.1, 0.15) is 0 Å². The first-order valence-corrected chi connectivity index (χ1v) is 7.13. The van der Waals surface area contributed by atoms with Crippen LogP contribution in [0.5, 0.6) is 0 Å². The minimum absolute atomic E-state index is 0.225. The van der Waals surface area contributed by atoms with E-state index in [2.05, 4.69) is 31.2 Å². The Morgan fingerprint density at radius 1 is 1.17 bits per heavy atom. The van der Waals surface area contributed by atoms with Crippen molar-refractivity contribution in [3.05, 3.63) is 16.4 Å². The minimum atomic E-state index is 0.225. The zero-order chi connectivity index (χ0) is 13.8. The molecule has 4 heteroatoms. The van der Waals surface area contributed by atoms with Crippen LogP contribution in [0.25, 0.3) is 0 Å². The quantitative estimate of drug-likeness (QED) is 0.800. The third kappa shape index (κ3) is 4.99. The van der Waals surface area contributed by atoms with E-state index >= 15 is 0 Å². The number of unbranched alkanes of at least 4 members (excludes halogenated alkanes) is 2. The summed E-state index contributed by atoms with van der Waals surface area (Å²) in [6, 6.07) is 0. The Kier molecular flexibility index (Phi) is 5.67. The second kappa shape index (κ2) is 6.58. The summed E-state index contributed by atoms with van der Waals surface area (Å²) in [7, 11) is 0. The van der Waals surface area contributed by atoms with Crippen LogP contribution in [0.4, 0.5) is 0 Å². The second-order valence-electron chi connectivity index (χ2n) is 5.95. The molecule has 3 nitrogen and oxygen atoms in total. The Hall–Kier alpha value is -0.540. The standard InChI is InChI=1S/C14H26ClN3/c1-11-13(15)12(2)18(17-11)10-8-6-7-9-16-14(3,4)5/h16H,6-10H2,1-5H3. The topological polar surface area (TPSA) is 29.9 Å². The van der Waals surface area contributed by atoms with Crippen LogP contribution in [0, 0.1) is 13.8 Å². The molecule has 0 bridgehead atoms. The molecule has 18 heavy (non-hydrogen) atoms. The number of hydrogen-bond acceptors (Lipinski definition) is 2. The molecular formula is C14H26ClN3. The number of hydrogen-bond donors (Lipinski definition) is 1. The van der Waals surface area contributed by atoms with E-state index in [9.17, 15) is 0 Å². The van der Waals surface area contributed by atoms with Gasteiger partial charge >= 0.3 is 0 Å². The van der Waals surface area contributed by atoms with Gasteiger partial charge in [-0.15, -0.1) is 0 Å². The lowest BCUT2D eigenvalue weighted by atomic mass is 10.1. The van der Waals surface area contributed by atoms with Crippen LogP contribution in [0.15, 0.2) is 0 Å². The van der Waals surface area contributed by atoms with Crippen LogP contribution < -0.4 is 5.32 Å². The van der Waals surface area contributed by atoms with E-state index in [0.29, 0.717) is 0 Å². The number of rotatable bonds is 6. The van der Waals surface area contributed by atoms with E-state index in [1.807, 2.05) is 18.5 Å². The maximum Gasteiger partial charge on any atom is 0.0844 e. The molecule has 0 aliphatic rings. The second-order valence-corrected chi connectivity index (χ2v) is 6.32. The van der Waals surface area contributed by atoms with E-state index in [-0.39, 0.29) is 5.54 Å². The van der Waals surface area contributed by atoms with Crippen molar-refractivity contribution in [1.29, 1.82) is 0 Å². The normalized spacial score (nSPS) is 12.1. The lowest BCUT2D eigenvalue weighted by molar-refractivity contribution is 0.412. The van der Waals surface area contributed by atoms with Gasteiger partial charge in [0.15, 0.2) is 0 Å². The van der Waals surface area contributed by atoms with Crippen molar-refractivity contribution in [3.63, 3.8) is 0 Å². The number of nitrogens with one attached hydrogen (secondary N) is 1. The van der Waals surface area contributed by atoms with E-state index < -0.39 is 0 Å². The summed E-state index contributed by atoms with van der Waals surface area (Å²) in [6.07, 6.45) is 3.59. The van der Waals surface area contributed by atoms with Gasteiger partial charge in [0.05, 0.1) is 16.4 Å². The smallest absolute Gasteiger partial charge is 0.0844 e. The van der Waals surface area contributed by atoms with Crippen molar-refractivity contribution in [3.8, 4) is 0 Å². The minimum Gasteiger partial charge on any atom is -0.312 e. The maximum atomic E-state index is 6.12. The Bertz CT molecular complexity index is 377. The summed E-state index contributed by atoms with van der Waals surface area (Å²) in [5, 5.41) is 8.75. The lowest BCUT2D eigenvalue weighted by Gasteiger charge is -2.20.